The summed E-state index contributed by atoms with van der Waals surface area (Å²) in [6, 6.07) is 6.08. The van der Waals surface area contributed by atoms with Crippen LogP contribution in [0.15, 0.2) is 30.6 Å². The van der Waals surface area contributed by atoms with Crippen molar-refractivity contribution in [1.29, 1.82) is 0 Å². The molecule has 0 fully saturated rings. The van der Waals surface area contributed by atoms with Crippen molar-refractivity contribution >= 4 is 0 Å². The molecule has 108 valence electrons. The maximum Gasteiger partial charge on any atom is 0.146 e. The summed E-state index contributed by atoms with van der Waals surface area (Å²) >= 11 is 0. The van der Waals surface area contributed by atoms with Gasteiger partial charge < -0.3 is 19.4 Å². The second-order valence-corrected chi connectivity index (χ2v) is 4.66. The standard InChI is InChI=1S/C15H21N3O2/c1-11(16-2)13-6-5-12(19-4)9-14(13)20-10-15-17-7-8-18(15)3/h5-9,11,16H,10H2,1-4H3. The van der Waals surface area contributed by atoms with E-state index in [-0.39, 0.29) is 6.04 Å². The van der Waals surface area contributed by atoms with Crippen LogP contribution in [0.3, 0.4) is 0 Å². The monoisotopic (exact) mass is 275 g/mol. The molecule has 1 atom stereocenters. The number of imidazole rings is 1. The zero-order chi connectivity index (χ0) is 14.5. The number of hydrogen-bond donors (Lipinski definition) is 1. The molecule has 5 heteroatoms. The van der Waals surface area contributed by atoms with Crippen LogP contribution in [0, 0.1) is 0 Å². The minimum Gasteiger partial charge on any atom is -0.497 e. The van der Waals surface area contributed by atoms with Gasteiger partial charge in [0.2, 0.25) is 0 Å². The second kappa shape index (κ2) is 6.43. The maximum atomic E-state index is 5.92. The number of aryl methyl sites for hydroxylation is 1. The lowest BCUT2D eigenvalue weighted by molar-refractivity contribution is 0.284. The Morgan fingerprint density at radius 1 is 1.40 bits per heavy atom. The molecular formula is C15H21N3O2. The van der Waals surface area contributed by atoms with E-state index in [2.05, 4.69) is 17.2 Å². The summed E-state index contributed by atoms with van der Waals surface area (Å²) in [4.78, 5) is 4.26. The highest BCUT2D eigenvalue weighted by atomic mass is 16.5. The predicted molar refractivity (Wildman–Crippen MR) is 78.0 cm³/mol. The second-order valence-electron chi connectivity index (χ2n) is 4.66. The van der Waals surface area contributed by atoms with Gasteiger partial charge in [0.25, 0.3) is 0 Å². The molecule has 0 amide bonds. The lowest BCUT2D eigenvalue weighted by atomic mass is 10.1. The third-order valence-corrected chi connectivity index (χ3v) is 3.40. The van der Waals surface area contributed by atoms with Crippen LogP contribution in [0.4, 0.5) is 0 Å². The molecule has 1 aromatic carbocycles. The van der Waals surface area contributed by atoms with Crippen molar-refractivity contribution < 1.29 is 9.47 Å². The number of rotatable bonds is 6. The SMILES string of the molecule is CNC(C)c1ccc(OC)cc1OCc1nccn1C. The number of benzene rings is 1. The van der Waals surface area contributed by atoms with Gasteiger partial charge in [-0.2, -0.15) is 0 Å². The number of methoxy groups -OCH3 is 1. The summed E-state index contributed by atoms with van der Waals surface area (Å²) in [5.74, 6) is 2.48. The average Bonchev–Trinajstić information content (AvgIpc) is 2.89. The topological polar surface area (TPSA) is 48.3 Å². The molecule has 1 unspecified atom stereocenters. The van der Waals surface area contributed by atoms with Gasteiger partial charge in [-0.05, 0) is 20.0 Å². The van der Waals surface area contributed by atoms with Gasteiger partial charge in [0.15, 0.2) is 0 Å². The molecule has 0 spiro atoms. The Balaban J connectivity index is 2.21. The Bertz CT molecular complexity index is 566. The van der Waals surface area contributed by atoms with E-state index >= 15 is 0 Å². The van der Waals surface area contributed by atoms with E-state index < -0.39 is 0 Å². The molecular weight excluding hydrogens is 254 g/mol. The van der Waals surface area contributed by atoms with Gasteiger partial charge >= 0.3 is 0 Å². The summed E-state index contributed by atoms with van der Waals surface area (Å²) in [5.41, 5.74) is 1.10. The van der Waals surface area contributed by atoms with Gasteiger partial charge in [-0.1, -0.05) is 6.07 Å². The minimum atomic E-state index is 0.206. The molecule has 5 nitrogen and oxygen atoms in total. The van der Waals surface area contributed by atoms with Crippen molar-refractivity contribution in [3.05, 3.63) is 42.0 Å². The van der Waals surface area contributed by atoms with E-state index in [1.54, 1.807) is 13.3 Å². The third-order valence-electron chi connectivity index (χ3n) is 3.40. The summed E-state index contributed by atoms with van der Waals surface area (Å²) < 4.78 is 13.1. The Hall–Kier alpha value is -2.01. The number of aromatic nitrogens is 2. The van der Waals surface area contributed by atoms with E-state index in [0.717, 1.165) is 22.9 Å². The fourth-order valence-corrected chi connectivity index (χ4v) is 1.96. The first-order valence-corrected chi connectivity index (χ1v) is 6.60. The van der Waals surface area contributed by atoms with Crippen LogP contribution in [0.2, 0.25) is 0 Å². The molecule has 0 radical (unpaired) electrons. The lowest BCUT2D eigenvalue weighted by Gasteiger charge is -2.17. The number of nitrogens with one attached hydrogen (secondary N) is 1. The third kappa shape index (κ3) is 3.11. The maximum absolute atomic E-state index is 5.92. The van der Waals surface area contributed by atoms with Crippen molar-refractivity contribution in [2.24, 2.45) is 7.05 Å². The highest BCUT2D eigenvalue weighted by Crippen LogP contribution is 2.29. The molecule has 2 aromatic rings. The van der Waals surface area contributed by atoms with Gasteiger partial charge in [-0.15, -0.1) is 0 Å². The van der Waals surface area contributed by atoms with Crippen molar-refractivity contribution in [2.45, 2.75) is 19.6 Å². The first-order chi connectivity index (χ1) is 9.65. The molecule has 2 rings (SSSR count). The van der Waals surface area contributed by atoms with Gasteiger partial charge in [-0.3, -0.25) is 0 Å². The highest BCUT2D eigenvalue weighted by molar-refractivity contribution is 5.42. The largest absolute Gasteiger partial charge is 0.497 e. The molecule has 1 aromatic heterocycles. The van der Waals surface area contributed by atoms with Crippen LogP contribution in [-0.4, -0.2) is 23.7 Å². The van der Waals surface area contributed by atoms with E-state index in [1.807, 2.05) is 43.1 Å². The number of ether oxygens (including phenoxy) is 2. The number of nitrogens with zero attached hydrogens (tertiary/aromatic N) is 2. The summed E-state index contributed by atoms with van der Waals surface area (Å²) in [7, 11) is 5.53. The Kier molecular flexibility index (Phi) is 4.63. The quantitative estimate of drug-likeness (QED) is 0.878. The first-order valence-electron chi connectivity index (χ1n) is 6.60. The summed E-state index contributed by atoms with van der Waals surface area (Å²) in [5, 5.41) is 3.22. The van der Waals surface area contributed by atoms with Crippen LogP contribution < -0.4 is 14.8 Å². The molecule has 1 heterocycles. The number of hydrogen-bond acceptors (Lipinski definition) is 4. The zero-order valence-electron chi connectivity index (χ0n) is 12.4. The van der Waals surface area contributed by atoms with Gasteiger partial charge in [0.05, 0.1) is 7.11 Å². The summed E-state index contributed by atoms with van der Waals surface area (Å²) in [6.45, 7) is 2.52. The normalized spacial score (nSPS) is 12.2. The Labute approximate surface area is 119 Å². The van der Waals surface area contributed by atoms with Crippen LogP contribution in [0.5, 0.6) is 11.5 Å². The van der Waals surface area contributed by atoms with E-state index in [9.17, 15) is 0 Å². The van der Waals surface area contributed by atoms with Crippen molar-refractivity contribution in [2.75, 3.05) is 14.2 Å². The van der Waals surface area contributed by atoms with Crippen molar-refractivity contribution in [3.63, 3.8) is 0 Å². The van der Waals surface area contributed by atoms with Crippen LogP contribution in [-0.2, 0) is 13.7 Å². The molecule has 0 aliphatic carbocycles. The van der Waals surface area contributed by atoms with Crippen molar-refractivity contribution in [1.82, 2.24) is 14.9 Å². The van der Waals surface area contributed by atoms with Crippen LogP contribution >= 0.6 is 0 Å². The van der Waals surface area contributed by atoms with E-state index in [0.29, 0.717) is 6.61 Å². The van der Waals surface area contributed by atoms with Crippen molar-refractivity contribution in [3.8, 4) is 11.5 Å². The molecule has 0 bridgehead atoms. The first kappa shape index (κ1) is 14.4. The van der Waals surface area contributed by atoms with E-state index in [1.165, 1.54) is 0 Å². The smallest absolute Gasteiger partial charge is 0.146 e. The minimum absolute atomic E-state index is 0.206. The van der Waals surface area contributed by atoms with Gasteiger partial charge in [-0.25, -0.2) is 4.98 Å². The predicted octanol–water partition coefficient (Wildman–Crippen LogP) is 2.29. The fourth-order valence-electron chi connectivity index (χ4n) is 1.96. The molecule has 20 heavy (non-hydrogen) atoms. The zero-order valence-corrected chi connectivity index (χ0v) is 12.4. The van der Waals surface area contributed by atoms with Crippen LogP contribution in [0.1, 0.15) is 24.4 Å². The highest BCUT2D eigenvalue weighted by Gasteiger charge is 2.12. The van der Waals surface area contributed by atoms with Gasteiger partial charge in [0, 0.05) is 37.1 Å². The molecule has 0 aliphatic rings. The molecule has 1 N–H and O–H groups in total. The average molecular weight is 275 g/mol. The summed E-state index contributed by atoms with van der Waals surface area (Å²) in [6.07, 6.45) is 3.67. The molecule has 0 saturated carbocycles. The van der Waals surface area contributed by atoms with E-state index in [4.69, 9.17) is 9.47 Å². The Morgan fingerprint density at radius 3 is 2.80 bits per heavy atom. The molecule has 0 saturated heterocycles. The Morgan fingerprint density at radius 2 is 2.20 bits per heavy atom. The molecule has 0 aliphatic heterocycles. The lowest BCUT2D eigenvalue weighted by Crippen LogP contribution is -2.14. The van der Waals surface area contributed by atoms with Crippen LogP contribution in [0.25, 0.3) is 0 Å². The fraction of sp³-hybridized carbons (Fsp3) is 0.400. The van der Waals surface area contributed by atoms with Gasteiger partial charge in [0.1, 0.15) is 23.9 Å².